The van der Waals surface area contributed by atoms with Gasteiger partial charge in [0, 0.05) is 17.6 Å². The average Bonchev–Trinajstić information content (AvgIpc) is 2.75. The van der Waals surface area contributed by atoms with E-state index in [4.69, 9.17) is 16.7 Å². The van der Waals surface area contributed by atoms with Crippen LogP contribution in [0.3, 0.4) is 0 Å². The van der Waals surface area contributed by atoms with Gasteiger partial charge in [-0.05, 0) is 30.3 Å². The Morgan fingerprint density at radius 1 is 1.25 bits per heavy atom. The van der Waals surface area contributed by atoms with Gasteiger partial charge in [0.15, 0.2) is 0 Å². The van der Waals surface area contributed by atoms with Gasteiger partial charge in [-0.3, -0.25) is 0 Å². The standard InChI is InChI=1S/C15H11ClN2O2/c1-18-13-6-5-10(15(19)20)8-12(13)17-14(18)9-3-2-4-11(16)7-9/h2-8H,1H3,(H,19,20). The van der Waals surface area contributed by atoms with Gasteiger partial charge < -0.3 is 9.67 Å². The van der Waals surface area contributed by atoms with Crippen molar-refractivity contribution in [3.8, 4) is 11.4 Å². The minimum absolute atomic E-state index is 0.230. The maximum Gasteiger partial charge on any atom is 0.335 e. The topological polar surface area (TPSA) is 55.1 Å². The Bertz CT molecular complexity index is 824. The van der Waals surface area contributed by atoms with Crippen LogP contribution in [0, 0.1) is 0 Å². The van der Waals surface area contributed by atoms with Crippen molar-refractivity contribution in [2.45, 2.75) is 0 Å². The van der Waals surface area contributed by atoms with Gasteiger partial charge in [-0.1, -0.05) is 23.7 Å². The molecule has 100 valence electrons. The second-order valence-electron chi connectivity index (χ2n) is 4.51. The molecule has 2 aromatic carbocycles. The summed E-state index contributed by atoms with van der Waals surface area (Å²) in [6.45, 7) is 0. The van der Waals surface area contributed by atoms with Crippen molar-refractivity contribution in [1.82, 2.24) is 9.55 Å². The third-order valence-corrected chi connectivity index (χ3v) is 3.45. The molecule has 3 rings (SSSR count). The molecule has 20 heavy (non-hydrogen) atoms. The zero-order chi connectivity index (χ0) is 14.3. The number of rotatable bonds is 2. The number of halogens is 1. The van der Waals surface area contributed by atoms with E-state index in [2.05, 4.69) is 4.98 Å². The Morgan fingerprint density at radius 2 is 2.05 bits per heavy atom. The largest absolute Gasteiger partial charge is 0.478 e. The molecule has 0 radical (unpaired) electrons. The Morgan fingerprint density at radius 3 is 2.75 bits per heavy atom. The second-order valence-corrected chi connectivity index (χ2v) is 4.95. The van der Waals surface area contributed by atoms with Crippen LogP contribution in [-0.2, 0) is 7.05 Å². The number of benzene rings is 2. The number of carboxylic acids is 1. The zero-order valence-electron chi connectivity index (χ0n) is 10.7. The lowest BCUT2D eigenvalue weighted by atomic mass is 10.2. The molecule has 0 saturated carbocycles. The summed E-state index contributed by atoms with van der Waals surface area (Å²) in [6.07, 6.45) is 0. The van der Waals surface area contributed by atoms with E-state index >= 15 is 0 Å². The molecular weight excluding hydrogens is 276 g/mol. The van der Waals surface area contributed by atoms with Crippen molar-refractivity contribution in [2.75, 3.05) is 0 Å². The monoisotopic (exact) mass is 286 g/mol. The maximum absolute atomic E-state index is 11.0. The first-order valence-electron chi connectivity index (χ1n) is 6.02. The van der Waals surface area contributed by atoms with Crippen LogP contribution in [0.5, 0.6) is 0 Å². The number of aryl methyl sites for hydroxylation is 1. The Balaban J connectivity index is 2.22. The van der Waals surface area contributed by atoms with Gasteiger partial charge in [-0.15, -0.1) is 0 Å². The van der Waals surface area contributed by atoms with E-state index in [0.29, 0.717) is 10.5 Å². The highest BCUT2D eigenvalue weighted by Gasteiger charge is 2.12. The van der Waals surface area contributed by atoms with Gasteiger partial charge >= 0.3 is 5.97 Å². The molecule has 4 nitrogen and oxygen atoms in total. The molecular formula is C15H11ClN2O2. The third-order valence-electron chi connectivity index (χ3n) is 3.21. The molecule has 0 fully saturated rings. The van der Waals surface area contributed by atoms with Crippen molar-refractivity contribution in [1.29, 1.82) is 0 Å². The average molecular weight is 287 g/mol. The Labute approximate surface area is 120 Å². The molecule has 0 aliphatic heterocycles. The highest BCUT2D eigenvalue weighted by Crippen LogP contribution is 2.26. The maximum atomic E-state index is 11.0. The van der Waals surface area contributed by atoms with Crippen LogP contribution in [0.4, 0.5) is 0 Å². The van der Waals surface area contributed by atoms with Crippen LogP contribution < -0.4 is 0 Å². The number of carboxylic acid groups (broad SMARTS) is 1. The number of nitrogens with zero attached hydrogens (tertiary/aromatic N) is 2. The lowest BCUT2D eigenvalue weighted by molar-refractivity contribution is 0.0697. The lowest BCUT2D eigenvalue weighted by Gasteiger charge is -2.02. The summed E-state index contributed by atoms with van der Waals surface area (Å²) in [5, 5.41) is 9.66. The normalized spacial score (nSPS) is 10.9. The zero-order valence-corrected chi connectivity index (χ0v) is 11.4. The molecule has 0 amide bonds. The van der Waals surface area contributed by atoms with Crippen molar-refractivity contribution in [2.24, 2.45) is 7.05 Å². The van der Waals surface area contributed by atoms with Gasteiger partial charge in [0.2, 0.25) is 0 Å². The first-order valence-corrected chi connectivity index (χ1v) is 6.40. The molecule has 0 aliphatic rings. The summed E-state index contributed by atoms with van der Waals surface area (Å²) in [6, 6.07) is 12.3. The summed E-state index contributed by atoms with van der Waals surface area (Å²) in [7, 11) is 1.89. The summed E-state index contributed by atoms with van der Waals surface area (Å²) >= 11 is 6.00. The van der Waals surface area contributed by atoms with Crippen molar-refractivity contribution >= 4 is 28.6 Å². The highest BCUT2D eigenvalue weighted by molar-refractivity contribution is 6.30. The number of fused-ring (bicyclic) bond motifs is 1. The molecule has 0 saturated heterocycles. The molecule has 0 unspecified atom stereocenters. The van der Waals surface area contributed by atoms with Gasteiger partial charge in [0.1, 0.15) is 5.82 Å². The van der Waals surface area contributed by atoms with Crippen LogP contribution in [-0.4, -0.2) is 20.6 Å². The number of aromatic nitrogens is 2. The number of hydrogen-bond acceptors (Lipinski definition) is 2. The Hall–Kier alpha value is -2.33. The molecule has 0 atom stereocenters. The smallest absolute Gasteiger partial charge is 0.335 e. The van der Waals surface area contributed by atoms with Crippen molar-refractivity contribution in [3.05, 3.63) is 53.1 Å². The molecule has 1 N–H and O–H groups in total. The van der Waals surface area contributed by atoms with Crippen LogP contribution in [0.15, 0.2) is 42.5 Å². The summed E-state index contributed by atoms with van der Waals surface area (Å²) in [4.78, 5) is 15.5. The highest BCUT2D eigenvalue weighted by atomic mass is 35.5. The minimum Gasteiger partial charge on any atom is -0.478 e. The van der Waals surface area contributed by atoms with E-state index in [1.165, 1.54) is 0 Å². The lowest BCUT2D eigenvalue weighted by Crippen LogP contribution is -1.95. The number of carbonyl (C=O) groups is 1. The van der Waals surface area contributed by atoms with Crippen molar-refractivity contribution in [3.63, 3.8) is 0 Å². The van der Waals surface area contributed by atoms with Crippen LogP contribution >= 0.6 is 11.6 Å². The van der Waals surface area contributed by atoms with E-state index < -0.39 is 5.97 Å². The molecule has 0 spiro atoms. The summed E-state index contributed by atoms with van der Waals surface area (Å²) < 4.78 is 1.92. The predicted octanol–water partition coefficient (Wildman–Crippen LogP) is 3.59. The minimum atomic E-state index is -0.957. The van der Waals surface area contributed by atoms with E-state index in [9.17, 15) is 4.79 Å². The third kappa shape index (κ3) is 2.04. The van der Waals surface area contributed by atoms with Gasteiger partial charge in [-0.2, -0.15) is 0 Å². The van der Waals surface area contributed by atoms with Gasteiger partial charge in [0.05, 0.1) is 16.6 Å². The first-order chi connectivity index (χ1) is 9.56. The summed E-state index contributed by atoms with van der Waals surface area (Å²) in [5.74, 6) is -0.202. The molecule has 5 heteroatoms. The van der Waals surface area contributed by atoms with Crippen LogP contribution in [0.2, 0.25) is 5.02 Å². The number of imidazole rings is 1. The van der Waals surface area contributed by atoms with E-state index in [1.807, 2.05) is 29.8 Å². The van der Waals surface area contributed by atoms with E-state index in [1.54, 1.807) is 24.3 Å². The molecule has 1 heterocycles. The van der Waals surface area contributed by atoms with Crippen molar-refractivity contribution < 1.29 is 9.90 Å². The molecule has 0 aliphatic carbocycles. The predicted molar refractivity (Wildman–Crippen MR) is 78.1 cm³/mol. The quantitative estimate of drug-likeness (QED) is 0.783. The van der Waals surface area contributed by atoms with Crippen LogP contribution in [0.25, 0.3) is 22.4 Å². The SMILES string of the molecule is Cn1c(-c2cccc(Cl)c2)nc2cc(C(=O)O)ccc21. The second kappa shape index (κ2) is 4.65. The Kier molecular flexibility index (Phi) is 2.95. The fourth-order valence-electron chi connectivity index (χ4n) is 2.22. The first kappa shape index (κ1) is 12.7. The molecule has 0 bridgehead atoms. The number of hydrogen-bond donors (Lipinski definition) is 1. The van der Waals surface area contributed by atoms with Gasteiger partial charge in [0.25, 0.3) is 0 Å². The molecule has 1 aromatic heterocycles. The summed E-state index contributed by atoms with van der Waals surface area (Å²) in [5.41, 5.74) is 2.66. The molecule has 3 aromatic rings. The number of aromatic carboxylic acids is 1. The van der Waals surface area contributed by atoms with Crippen LogP contribution in [0.1, 0.15) is 10.4 Å². The van der Waals surface area contributed by atoms with Gasteiger partial charge in [-0.25, -0.2) is 9.78 Å². The van der Waals surface area contributed by atoms with E-state index in [0.717, 1.165) is 16.9 Å². The fourth-order valence-corrected chi connectivity index (χ4v) is 2.41. The fraction of sp³-hybridized carbons (Fsp3) is 0.0667. The van der Waals surface area contributed by atoms with E-state index in [-0.39, 0.29) is 5.56 Å².